The average Bonchev–Trinajstić information content (AvgIpc) is 2.98. The minimum Gasteiger partial charge on any atom is -0.466 e. The molecular formula is C30H48Br2O15. The largest absolute Gasteiger partial charge is 0.466 e. The van der Waals surface area contributed by atoms with Gasteiger partial charge in [0, 0.05) is 76.9 Å². The van der Waals surface area contributed by atoms with E-state index in [1.54, 1.807) is 0 Å². The third-order valence-electron chi connectivity index (χ3n) is 4.61. The minimum absolute atomic E-state index is 0.160. The van der Waals surface area contributed by atoms with Crippen molar-refractivity contribution in [2.45, 2.75) is 91.9 Å². The number of esters is 8. The predicted octanol–water partition coefficient (Wildman–Crippen LogP) is 4.06. The first-order valence-electron chi connectivity index (χ1n) is 14.9. The molecule has 272 valence electrons. The van der Waals surface area contributed by atoms with Crippen molar-refractivity contribution in [3.05, 3.63) is 0 Å². The predicted molar refractivity (Wildman–Crippen MR) is 173 cm³/mol. The first-order chi connectivity index (χ1) is 22.2. The molecule has 0 aliphatic heterocycles. The van der Waals surface area contributed by atoms with E-state index < -0.39 is 11.9 Å². The van der Waals surface area contributed by atoms with E-state index in [0.29, 0.717) is 51.7 Å². The number of carbonyl (C=O) groups excluding carboxylic acids is 8. The number of alkyl halides is 2. The molecule has 0 aliphatic rings. The maximum atomic E-state index is 11.3. The molecule has 0 aromatic carbocycles. The minimum atomic E-state index is -0.562. The summed E-state index contributed by atoms with van der Waals surface area (Å²) in [6.07, 6.45) is 4.54. The maximum Gasteiger partial charge on any atom is 0.310 e. The van der Waals surface area contributed by atoms with Crippen LogP contribution in [0.5, 0.6) is 0 Å². The Hall–Kier alpha value is -3.08. The number of halogens is 2. The molecule has 47 heavy (non-hydrogen) atoms. The molecule has 0 heterocycles. The monoisotopic (exact) mass is 806 g/mol. The Morgan fingerprint density at radius 3 is 0.830 bits per heavy atom. The fourth-order valence-electron chi connectivity index (χ4n) is 2.64. The molecule has 0 bridgehead atoms. The Balaban J connectivity index is -0.000000704. The highest BCUT2D eigenvalue weighted by Gasteiger charge is 2.06. The van der Waals surface area contributed by atoms with E-state index >= 15 is 0 Å². The van der Waals surface area contributed by atoms with Crippen LogP contribution in [0.1, 0.15) is 91.9 Å². The first-order valence-corrected chi connectivity index (χ1v) is 17.2. The highest BCUT2D eigenvalue weighted by molar-refractivity contribution is 9.09. The molecule has 17 heteroatoms. The van der Waals surface area contributed by atoms with E-state index in [4.69, 9.17) is 18.9 Å². The van der Waals surface area contributed by atoms with E-state index in [-0.39, 0.29) is 75.1 Å². The van der Waals surface area contributed by atoms with Gasteiger partial charge in [-0.3, -0.25) is 38.4 Å². The van der Waals surface area contributed by atoms with Crippen LogP contribution in [-0.4, -0.2) is 98.1 Å². The van der Waals surface area contributed by atoms with Crippen LogP contribution in [0.2, 0.25) is 0 Å². The van der Waals surface area contributed by atoms with Crippen LogP contribution in [0.25, 0.3) is 0 Å². The quantitative estimate of drug-likeness (QED) is 0.0498. The Kier molecular flexibility index (Phi) is 36.8. The molecule has 0 spiro atoms. The summed E-state index contributed by atoms with van der Waals surface area (Å²) in [6, 6.07) is 0. The fourth-order valence-corrected chi connectivity index (χ4v) is 3.20. The summed E-state index contributed by atoms with van der Waals surface area (Å²) < 4.78 is 33.1. The summed E-state index contributed by atoms with van der Waals surface area (Å²) in [5.41, 5.74) is 0. The van der Waals surface area contributed by atoms with E-state index in [9.17, 15) is 38.4 Å². The Morgan fingerprint density at radius 2 is 0.617 bits per heavy atom. The van der Waals surface area contributed by atoms with Crippen LogP contribution in [-0.2, 0) is 71.5 Å². The van der Waals surface area contributed by atoms with Crippen molar-refractivity contribution in [1.29, 1.82) is 0 Å². The zero-order valence-corrected chi connectivity index (χ0v) is 30.8. The lowest BCUT2D eigenvalue weighted by atomic mass is 10.3. The number of hydrogen-bond acceptors (Lipinski definition) is 15. The zero-order chi connectivity index (χ0) is 36.3. The number of rotatable bonds is 22. The molecule has 0 rings (SSSR count). The molecular weight excluding hydrogens is 760 g/mol. The lowest BCUT2D eigenvalue weighted by molar-refractivity contribution is -0.156. The molecule has 0 unspecified atom stereocenters. The molecule has 0 aromatic heterocycles. The fraction of sp³-hybridized carbons (Fsp3) is 0.733. The van der Waals surface area contributed by atoms with Gasteiger partial charge < -0.3 is 33.2 Å². The van der Waals surface area contributed by atoms with Gasteiger partial charge >= 0.3 is 47.8 Å². The SMILES string of the molecule is CC(=O)OC(C)=O.CC(=O)OCCCC(=O)OCCCOC(=O)CCCOC(C)=O.O=C(CCCBr)OCCCOC(=O)CCCBr. The van der Waals surface area contributed by atoms with Gasteiger partial charge in [0.05, 0.1) is 39.6 Å². The van der Waals surface area contributed by atoms with Crippen LogP contribution in [0.3, 0.4) is 0 Å². The van der Waals surface area contributed by atoms with Gasteiger partial charge in [-0.1, -0.05) is 31.9 Å². The van der Waals surface area contributed by atoms with Gasteiger partial charge in [-0.15, -0.1) is 0 Å². The molecule has 0 N–H and O–H groups in total. The van der Waals surface area contributed by atoms with Crippen molar-refractivity contribution < 1.29 is 71.5 Å². The summed E-state index contributed by atoms with van der Waals surface area (Å²) in [5.74, 6) is -3.05. The first kappa shape index (κ1) is 48.3. The van der Waals surface area contributed by atoms with Crippen LogP contribution >= 0.6 is 31.9 Å². The molecule has 0 saturated heterocycles. The second-order valence-corrected chi connectivity index (χ2v) is 10.7. The van der Waals surface area contributed by atoms with Crippen molar-refractivity contribution in [1.82, 2.24) is 0 Å². The lowest BCUT2D eigenvalue weighted by Gasteiger charge is -2.06. The van der Waals surface area contributed by atoms with Crippen LogP contribution in [0.15, 0.2) is 0 Å². The second kappa shape index (κ2) is 35.8. The van der Waals surface area contributed by atoms with Crippen molar-refractivity contribution >= 4 is 79.6 Å². The highest BCUT2D eigenvalue weighted by atomic mass is 79.9. The molecule has 0 saturated carbocycles. The highest BCUT2D eigenvalue weighted by Crippen LogP contribution is 2.00. The van der Waals surface area contributed by atoms with Crippen LogP contribution in [0.4, 0.5) is 0 Å². The van der Waals surface area contributed by atoms with Crippen molar-refractivity contribution in [2.75, 3.05) is 50.3 Å². The average molecular weight is 809 g/mol. The Morgan fingerprint density at radius 1 is 0.362 bits per heavy atom. The molecule has 0 amide bonds. The number of hydrogen-bond donors (Lipinski definition) is 0. The standard InChI is InChI=1S/C15H24O8.C11H18Br2O4.C4H6O3/c1-12(16)20-8-3-6-14(18)22-10-5-11-23-15(19)7-4-9-21-13(2)17;12-6-1-4-10(14)16-8-3-9-17-11(15)5-2-7-13;1-3(5)7-4(2)6/h3-11H2,1-2H3;1-9H2;1-2H3. The number of carbonyl (C=O) groups is 8. The topological polar surface area (TPSA) is 201 Å². The van der Waals surface area contributed by atoms with E-state index in [1.807, 2.05) is 0 Å². The van der Waals surface area contributed by atoms with Gasteiger partial charge in [0.15, 0.2) is 0 Å². The Bertz CT molecular complexity index is 855. The van der Waals surface area contributed by atoms with Gasteiger partial charge in [-0.05, 0) is 25.7 Å². The third-order valence-corrected chi connectivity index (χ3v) is 5.73. The van der Waals surface area contributed by atoms with Crippen LogP contribution < -0.4 is 0 Å². The third kappa shape index (κ3) is 47.4. The van der Waals surface area contributed by atoms with Crippen LogP contribution in [0, 0.1) is 0 Å². The smallest absolute Gasteiger partial charge is 0.310 e. The van der Waals surface area contributed by atoms with E-state index in [0.717, 1.165) is 23.5 Å². The maximum absolute atomic E-state index is 11.3. The van der Waals surface area contributed by atoms with Gasteiger partial charge in [0.25, 0.3) is 0 Å². The van der Waals surface area contributed by atoms with Gasteiger partial charge in [-0.25, -0.2) is 0 Å². The van der Waals surface area contributed by atoms with Crippen molar-refractivity contribution in [3.63, 3.8) is 0 Å². The molecule has 0 atom stereocenters. The Labute approximate surface area is 292 Å². The molecule has 0 aliphatic carbocycles. The van der Waals surface area contributed by atoms with E-state index in [1.165, 1.54) is 27.7 Å². The van der Waals surface area contributed by atoms with Gasteiger partial charge in [0.2, 0.25) is 0 Å². The zero-order valence-electron chi connectivity index (χ0n) is 27.6. The summed E-state index contributed by atoms with van der Waals surface area (Å²) in [6.45, 7) is 6.29. The molecule has 15 nitrogen and oxygen atoms in total. The van der Waals surface area contributed by atoms with Gasteiger partial charge in [0.1, 0.15) is 0 Å². The lowest BCUT2D eigenvalue weighted by Crippen LogP contribution is -2.12. The summed E-state index contributed by atoms with van der Waals surface area (Å²) >= 11 is 6.48. The van der Waals surface area contributed by atoms with Crippen molar-refractivity contribution in [3.8, 4) is 0 Å². The summed E-state index contributed by atoms with van der Waals surface area (Å²) in [4.78, 5) is 85.4. The van der Waals surface area contributed by atoms with Gasteiger partial charge in [-0.2, -0.15) is 0 Å². The summed E-state index contributed by atoms with van der Waals surface area (Å²) in [5, 5.41) is 1.60. The van der Waals surface area contributed by atoms with Crippen molar-refractivity contribution in [2.24, 2.45) is 0 Å². The molecule has 0 radical (unpaired) electrons. The number of ether oxygens (including phenoxy) is 7. The second-order valence-electron chi connectivity index (χ2n) is 9.15. The summed E-state index contributed by atoms with van der Waals surface area (Å²) in [7, 11) is 0. The van der Waals surface area contributed by atoms with E-state index in [2.05, 4.69) is 46.1 Å². The molecule has 0 fully saturated rings. The molecule has 0 aromatic rings. The normalized spacial score (nSPS) is 9.57.